The highest BCUT2D eigenvalue weighted by atomic mass is 35.5. The molecule has 0 atom stereocenters. The average Bonchev–Trinajstić information content (AvgIpc) is 2.24. The molecule has 82 valence electrons. The Morgan fingerprint density at radius 3 is 2.80 bits per heavy atom. The van der Waals surface area contributed by atoms with Crippen LogP contribution in [0.2, 0.25) is 5.02 Å². The molecule has 1 rings (SSSR count). The number of esters is 1. The Balaban J connectivity index is 2.78. The number of phenols is 1. The van der Waals surface area contributed by atoms with Gasteiger partial charge in [-0.05, 0) is 19.1 Å². The van der Waals surface area contributed by atoms with Crippen LogP contribution in [0.1, 0.15) is 5.56 Å². The first-order valence-corrected chi connectivity index (χ1v) is 4.61. The van der Waals surface area contributed by atoms with Crippen LogP contribution in [0.25, 0.3) is 0 Å². The molecular weight excluding hydrogens is 220 g/mol. The van der Waals surface area contributed by atoms with Crippen molar-refractivity contribution in [3.05, 3.63) is 22.7 Å². The van der Waals surface area contributed by atoms with E-state index in [1.165, 1.54) is 13.2 Å². The molecule has 5 heteroatoms. The molecule has 0 spiro atoms. The Hall–Kier alpha value is -1.42. The first-order chi connectivity index (χ1) is 7.06. The zero-order valence-electron chi connectivity index (χ0n) is 8.41. The number of carbonyl (C=O) groups excluding carboxylic acids is 1. The molecule has 15 heavy (non-hydrogen) atoms. The average molecular weight is 231 g/mol. The maximum absolute atomic E-state index is 10.8. The lowest BCUT2D eigenvalue weighted by Crippen LogP contribution is -2.12. The van der Waals surface area contributed by atoms with Gasteiger partial charge in [0.15, 0.2) is 18.1 Å². The van der Waals surface area contributed by atoms with E-state index in [9.17, 15) is 9.90 Å². The van der Waals surface area contributed by atoms with Crippen LogP contribution < -0.4 is 4.74 Å². The van der Waals surface area contributed by atoms with E-state index in [4.69, 9.17) is 16.3 Å². The van der Waals surface area contributed by atoms with Gasteiger partial charge in [0.25, 0.3) is 0 Å². The molecule has 0 amide bonds. The normalized spacial score (nSPS) is 9.80. The lowest BCUT2D eigenvalue weighted by molar-refractivity contribution is -0.142. The molecule has 0 heterocycles. The number of phenolic OH excluding ortho intramolecular Hbond substituents is 1. The molecule has 1 aromatic rings. The van der Waals surface area contributed by atoms with Crippen molar-refractivity contribution >= 4 is 17.6 Å². The van der Waals surface area contributed by atoms with Crippen molar-refractivity contribution in [1.82, 2.24) is 0 Å². The molecule has 0 aliphatic heterocycles. The van der Waals surface area contributed by atoms with E-state index >= 15 is 0 Å². The number of rotatable bonds is 3. The number of hydrogen-bond donors (Lipinski definition) is 1. The molecule has 0 radical (unpaired) electrons. The van der Waals surface area contributed by atoms with Crippen LogP contribution in [0.3, 0.4) is 0 Å². The van der Waals surface area contributed by atoms with Crippen LogP contribution in [0.4, 0.5) is 0 Å². The number of ether oxygens (including phenoxy) is 2. The summed E-state index contributed by atoms with van der Waals surface area (Å²) in [5.74, 6) is -0.365. The first kappa shape index (κ1) is 11.7. The summed E-state index contributed by atoms with van der Waals surface area (Å²) in [6, 6.07) is 3.08. The van der Waals surface area contributed by atoms with E-state index in [2.05, 4.69) is 4.74 Å². The molecule has 0 fully saturated rings. The van der Waals surface area contributed by atoms with Crippen molar-refractivity contribution < 1.29 is 19.4 Å². The maximum atomic E-state index is 10.8. The third-order valence-electron chi connectivity index (χ3n) is 1.90. The fourth-order valence-electron chi connectivity index (χ4n) is 0.963. The topological polar surface area (TPSA) is 55.8 Å². The molecule has 4 nitrogen and oxygen atoms in total. The zero-order valence-corrected chi connectivity index (χ0v) is 9.17. The highest BCUT2D eigenvalue weighted by Crippen LogP contribution is 2.33. The second-order valence-electron chi connectivity index (χ2n) is 2.88. The zero-order chi connectivity index (χ0) is 11.4. The van der Waals surface area contributed by atoms with E-state index < -0.39 is 5.97 Å². The van der Waals surface area contributed by atoms with E-state index in [1.807, 2.05) is 0 Å². The van der Waals surface area contributed by atoms with Gasteiger partial charge in [0, 0.05) is 10.6 Å². The Morgan fingerprint density at radius 1 is 1.53 bits per heavy atom. The van der Waals surface area contributed by atoms with Gasteiger partial charge >= 0.3 is 5.97 Å². The SMILES string of the molecule is COC(=O)COc1ccc(Cl)c(C)c1O. The molecule has 0 saturated carbocycles. The second-order valence-corrected chi connectivity index (χ2v) is 3.29. The minimum atomic E-state index is -0.512. The van der Waals surface area contributed by atoms with Crippen molar-refractivity contribution in [3.63, 3.8) is 0 Å². The predicted molar refractivity (Wildman–Crippen MR) is 55.4 cm³/mol. The molecule has 0 saturated heterocycles. The van der Waals surface area contributed by atoms with Crippen molar-refractivity contribution in [2.75, 3.05) is 13.7 Å². The van der Waals surface area contributed by atoms with Crippen LogP contribution in [-0.2, 0) is 9.53 Å². The van der Waals surface area contributed by atoms with E-state index in [-0.39, 0.29) is 18.1 Å². The quantitative estimate of drug-likeness (QED) is 0.806. The summed E-state index contributed by atoms with van der Waals surface area (Å²) in [7, 11) is 1.26. The fraction of sp³-hybridized carbons (Fsp3) is 0.300. The molecule has 0 aromatic heterocycles. The summed E-state index contributed by atoms with van der Waals surface area (Å²) >= 11 is 5.77. The Morgan fingerprint density at radius 2 is 2.20 bits per heavy atom. The smallest absolute Gasteiger partial charge is 0.343 e. The van der Waals surface area contributed by atoms with Gasteiger partial charge in [-0.1, -0.05) is 11.6 Å². The monoisotopic (exact) mass is 230 g/mol. The lowest BCUT2D eigenvalue weighted by Gasteiger charge is -2.09. The van der Waals surface area contributed by atoms with E-state index in [1.54, 1.807) is 13.0 Å². The molecule has 0 unspecified atom stereocenters. The molecular formula is C10H11ClO4. The maximum Gasteiger partial charge on any atom is 0.343 e. The van der Waals surface area contributed by atoms with E-state index in [0.29, 0.717) is 10.6 Å². The third kappa shape index (κ3) is 2.76. The standard InChI is InChI=1S/C10H11ClO4/c1-6-7(11)3-4-8(10(6)13)15-5-9(12)14-2/h3-4,13H,5H2,1-2H3. The minimum absolute atomic E-state index is 0.0635. The van der Waals surface area contributed by atoms with Crippen molar-refractivity contribution in [2.24, 2.45) is 0 Å². The molecule has 0 aliphatic carbocycles. The number of carbonyl (C=O) groups is 1. The molecule has 0 aliphatic rings. The summed E-state index contributed by atoms with van der Waals surface area (Å²) < 4.78 is 9.44. The second kappa shape index (κ2) is 4.89. The van der Waals surface area contributed by atoms with Gasteiger partial charge in [-0.3, -0.25) is 0 Å². The number of hydrogen-bond acceptors (Lipinski definition) is 4. The number of benzene rings is 1. The summed E-state index contributed by atoms with van der Waals surface area (Å²) in [4.78, 5) is 10.8. The van der Waals surface area contributed by atoms with Gasteiger partial charge in [-0.25, -0.2) is 4.79 Å². The Bertz CT molecular complexity index is 376. The number of methoxy groups -OCH3 is 1. The van der Waals surface area contributed by atoms with Gasteiger partial charge in [-0.2, -0.15) is 0 Å². The van der Waals surface area contributed by atoms with Crippen LogP contribution in [0.5, 0.6) is 11.5 Å². The fourth-order valence-corrected chi connectivity index (χ4v) is 1.12. The third-order valence-corrected chi connectivity index (χ3v) is 2.31. The summed E-state index contributed by atoms with van der Waals surface area (Å²) in [6.45, 7) is 1.41. The van der Waals surface area contributed by atoms with Crippen LogP contribution in [0.15, 0.2) is 12.1 Å². The Kier molecular flexibility index (Phi) is 3.80. The van der Waals surface area contributed by atoms with Crippen molar-refractivity contribution in [2.45, 2.75) is 6.92 Å². The molecule has 0 bridgehead atoms. The van der Waals surface area contributed by atoms with Crippen LogP contribution in [-0.4, -0.2) is 24.8 Å². The summed E-state index contributed by atoms with van der Waals surface area (Å²) in [5.41, 5.74) is 0.513. The highest BCUT2D eigenvalue weighted by Gasteiger charge is 2.10. The van der Waals surface area contributed by atoms with Gasteiger partial charge in [0.2, 0.25) is 0 Å². The minimum Gasteiger partial charge on any atom is -0.504 e. The van der Waals surface area contributed by atoms with Gasteiger partial charge in [0.1, 0.15) is 0 Å². The van der Waals surface area contributed by atoms with Gasteiger partial charge in [-0.15, -0.1) is 0 Å². The predicted octanol–water partition coefficient (Wildman–Crippen LogP) is 1.91. The van der Waals surface area contributed by atoms with Gasteiger partial charge < -0.3 is 14.6 Å². The summed E-state index contributed by atoms with van der Waals surface area (Å²) in [5, 5.41) is 10.0. The number of halogens is 1. The van der Waals surface area contributed by atoms with Crippen LogP contribution >= 0.6 is 11.6 Å². The summed E-state index contributed by atoms with van der Waals surface area (Å²) in [6.07, 6.45) is 0. The first-order valence-electron chi connectivity index (χ1n) is 4.24. The van der Waals surface area contributed by atoms with Crippen molar-refractivity contribution in [1.29, 1.82) is 0 Å². The molecule has 1 aromatic carbocycles. The Labute approximate surface area is 92.4 Å². The van der Waals surface area contributed by atoms with E-state index in [0.717, 1.165) is 0 Å². The molecule has 1 N–H and O–H groups in total. The van der Waals surface area contributed by atoms with Crippen LogP contribution in [0, 0.1) is 6.92 Å². The largest absolute Gasteiger partial charge is 0.504 e. The lowest BCUT2D eigenvalue weighted by atomic mass is 10.2. The highest BCUT2D eigenvalue weighted by molar-refractivity contribution is 6.31. The number of aromatic hydroxyl groups is 1. The van der Waals surface area contributed by atoms with Crippen molar-refractivity contribution in [3.8, 4) is 11.5 Å². The van der Waals surface area contributed by atoms with Gasteiger partial charge in [0.05, 0.1) is 7.11 Å².